The maximum atomic E-state index is 12.2. The van der Waals surface area contributed by atoms with E-state index in [9.17, 15) is 4.79 Å². The number of methoxy groups -OCH3 is 9. The summed E-state index contributed by atoms with van der Waals surface area (Å²) < 4.78 is 61.1. The molecule has 9 atom stereocenters. The lowest BCUT2D eigenvalue weighted by molar-refractivity contribution is -0.319. The average Bonchev–Trinajstić information content (AvgIpc) is 2.84. The van der Waals surface area contributed by atoms with E-state index in [1.54, 1.807) is 21.3 Å². The van der Waals surface area contributed by atoms with Crippen molar-refractivity contribution in [3.8, 4) is 0 Å². The van der Waals surface area contributed by atoms with Gasteiger partial charge in [0.15, 0.2) is 12.4 Å². The number of hydrogen-bond donors (Lipinski definition) is 0. The molecule has 33 heavy (non-hydrogen) atoms. The Hall–Kier alpha value is -0.930. The largest absolute Gasteiger partial charge is 0.467 e. The molecule has 12 nitrogen and oxygen atoms in total. The molecule has 0 bridgehead atoms. The van der Waals surface area contributed by atoms with Crippen molar-refractivity contribution in [1.29, 1.82) is 0 Å². The van der Waals surface area contributed by atoms with Gasteiger partial charge in [0.05, 0.1) is 20.3 Å². The lowest BCUT2D eigenvalue weighted by Gasteiger charge is -2.44. The van der Waals surface area contributed by atoms with Gasteiger partial charge in [-0.2, -0.15) is 0 Å². The van der Waals surface area contributed by atoms with E-state index in [1.165, 1.54) is 42.7 Å². The van der Waals surface area contributed by atoms with Crippen molar-refractivity contribution in [1.82, 2.24) is 0 Å². The van der Waals surface area contributed by atoms with Gasteiger partial charge in [0, 0.05) is 56.9 Å². The lowest BCUT2D eigenvalue weighted by atomic mass is 9.98. The smallest absolute Gasteiger partial charge is 0.337 e. The Morgan fingerprint density at radius 3 is 1.79 bits per heavy atom. The SMILES string of the molecule is COC[C@H]1O[C@H](OC[C@@H](OC)[C@@H](OC)[C@H](OC)[C@@H](OC)C(=O)OC)[C@H](OC)[C@@H](OC)[C@@H]1OC. The van der Waals surface area contributed by atoms with Crippen molar-refractivity contribution in [3.05, 3.63) is 0 Å². The van der Waals surface area contributed by atoms with Gasteiger partial charge in [-0.15, -0.1) is 0 Å². The van der Waals surface area contributed by atoms with Crippen LogP contribution in [-0.2, 0) is 56.9 Å². The first-order chi connectivity index (χ1) is 15.9. The van der Waals surface area contributed by atoms with Gasteiger partial charge in [-0.25, -0.2) is 4.79 Å². The molecule has 1 rings (SSSR count). The topological polar surface area (TPSA) is 119 Å². The summed E-state index contributed by atoms with van der Waals surface area (Å²) in [6.45, 7) is 0.286. The molecule has 1 aliphatic heterocycles. The van der Waals surface area contributed by atoms with Gasteiger partial charge in [-0.1, -0.05) is 0 Å². The molecule has 0 aromatic heterocycles. The molecule has 0 N–H and O–H groups in total. The van der Waals surface area contributed by atoms with Gasteiger partial charge < -0.3 is 52.1 Å². The molecule has 1 fully saturated rings. The van der Waals surface area contributed by atoms with Gasteiger partial charge in [-0.05, 0) is 0 Å². The summed E-state index contributed by atoms with van der Waals surface area (Å²) in [4.78, 5) is 12.2. The Labute approximate surface area is 195 Å². The van der Waals surface area contributed by atoms with E-state index in [-0.39, 0.29) is 13.2 Å². The summed E-state index contributed by atoms with van der Waals surface area (Å²) in [5.41, 5.74) is 0. The molecule has 0 amide bonds. The van der Waals surface area contributed by atoms with Crippen LogP contribution in [0.2, 0.25) is 0 Å². The summed E-state index contributed by atoms with van der Waals surface area (Å²) >= 11 is 0. The average molecular weight is 485 g/mol. The standard InChI is InChI=1S/C21H40O12/c1-23-10-13-15(26-4)17(28-6)19(30-8)21(33-13)32-11-12(24-2)14(25-3)16(27-5)18(29-7)20(22)31-9/h12-19,21H,10-11H2,1-9H3/t12-,13-,14-,15-,16+,17+,18-,19-,21+/m1/s1. The minimum absolute atomic E-state index is 0.0186. The maximum absolute atomic E-state index is 12.2. The summed E-state index contributed by atoms with van der Waals surface area (Å²) in [6, 6.07) is 0. The van der Waals surface area contributed by atoms with Crippen molar-refractivity contribution in [2.24, 2.45) is 0 Å². The quantitative estimate of drug-likeness (QED) is 0.267. The van der Waals surface area contributed by atoms with Crippen molar-refractivity contribution in [2.75, 3.05) is 77.2 Å². The molecule has 0 aromatic carbocycles. The van der Waals surface area contributed by atoms with E-state index in [1.807, 2.05) is 0 Å². The Bertz CT molecular complexity index is 535. The van der Waals surface area contributed by atoms with Gasteiger partial charge >= 0.3 is 5.97 Å². The minimum atomic E-state index is -1.04. The summed E-state index contributed by atoms with van der Waals surface area (Å²) in [5.74, 6) is -0.604. The number of carbonyl (C=O) groups is 1. The van der Waals surface area contributed by atoms with Crippen LogP contribution in [0.25, 0.3) is 0 Å². The van der Waals surface area contributed by atoms with Gasteiger partial charge in [0.2, 0.25) is 0 Å². The highest BCUT2D eigenvalue weighted by Crippen LogP contribution is 2.29. The monoisotopic (exact) mass is 484 g/mol. The highest BCUT2D eigenvalue weighted by Gasteiger charge is 2.48. The fraction of sp³-hybridized carbons (Fsp3) is 0.952. The van der Waals surface area contributed by atoms with Crippen LogP contribution < -0.4 is 0 Å². The summed E-state index contributed by atoms with van der Waals surface area (Å²) in [7, 11) is 13.3. The molecule has 1 aliphatic rings. The van der Waals surface area contributed by atoms with Crippen LogP contribution in [0.3, 0.4) is 0 Å². The second-order valence-electron chi connectivity index (χ2n) is 7.29. The van der Waals surface area contributed by atoms with E-state index >= 15 is 0 Å². The fourth-order valence-corrected chi connectivity index (χ4v) is 4.01. The number of esters is 1. The van der Waals surface area contributed by atoms with E-state index in [4.69, 9.17) is 52.1 Å². The molecule has 0 radical (unpaired) electrons. The Morgan fingerprint density at radius 2 is 1.36 bits per heavy atom. The van der Waals surface area contributed by atoms with E-state index in [2.05, 4.69) is 0 Å². The third-order valence-corrected chi connectivity index (χ3v) is 5.69. The fourth-order valence-electron chi connectivity index (χ4n) is 4.01. The predicted molar refractivity (Wildman–Crippen MR) is 114 cm³/mol. The Morgan fingerprint density at radius 1 is 0.758 bits per heavy atom. The predicted octanol–water partition coefficient (Wildman–Crippen LogP) is -0.348. The Balaban J connectivity index is 3.04. The second kappa shape index (κ2) is 15.9. The molecule has 1 saturated heterocycles. The molecule has 196 valence electrons. The molecule has 0 saturated carbocycles. The Kier molecular flexibility index (Phi) is 14.5. The normalized spacial score (nSPS) is 29.3. The highest BCUT2D eigenvalue weighted by molar-refractivity contribution is 5.75. The third kappa shape index (κ3) is 7.52. The first-order valence-electron chi connectivity index (χ1n) is 10.5. The molecule has 0 aromatic rings. The van der Waals surface area contributed by atoms with Crippen LogP contribution in [0.1, 0.15) is 0 Å². The third-order valence-electron chi connectivity index (χ3n) is 5.69. The lowest BCUT2D eigenvalue weighted by Crippen LogP contribution is -2.61. The molecular formula is C21H40O12. The molecule has 0 spiro atoms. The number of rotatable bonds is 16. The van der Waals surface area contributed by atoms with Crippen LogP contribution >= 0.6 is 0 Å². The first kappa shape index (κ1) is 30.1. The maximum Gasteiger partial charge on any atom is 0.337 e. The van der Waals surface area contributed by atoms with E-state index < -0.39 is 61.1 Å². The minimum Gasteiger partial charge on any atom is -0.467 e. The van der Waals surface area contributed by atoms with Crippen molar-refractivity contribution < 1.29 is 56.9 Å². The molecule has 0 aliphatic carbocycles. The zero-order chi connectivity index (χ0) is 25.0. The molecular weight excluding hydrogens is 444 g/mol. The van der Waals surface area contributed by atoms with E-state index in [0.717, 1.165) is 0 Å². The number of ether oxygens (including phenoxy) is 11. The van der Waals surface area contributed by atoms with Crippen molar-refractivity contribution in [3.63, 3.8) is 0 Å². The van der Waals surface area contributed by atoms with Crippen molar-refractivity contribution in [2.45, 2.75) is 55.1 Å². The zero-order valence-electron chi connectivity index (χ0n) is 21.0. The van der Waals surface area contributed by atoms with Gasteiger partial charge in [0.25, 0.3) is 0 Å². The van der Waals surface area contributed by atoms with Gasteiger partial charge in [0.1, 0.15) is 42.7 Å². The molecule has 1 heterocycles. The first-order valence-corrected chi connectivity index (χ1v) is 10.5. The second-order valence-corrected chi connectivity index (χ2v) is 7.29. The van der Waals surface area contributed by atoms with Crippen molar-refractivity contribution >= 4 is 5.97 Å². The van der Waals surface area contributed by atoms with Gasteiger partial charge in [-0.3, -0.25) is 0 Å². The summed E-state index contributed by atoms with van der Waals surface area (Å²) in [6.07, 6.45) is -6.03. The van der Waals surface area contributed by atoms with Crippen LogP contribution in [0, 0.1) is 0 Å². The van der Waals surface area contributed by atoms with E-state index in [0.29, 0.717) is 0 Å². The molecule has 0 unspecified atom stereocenters. The van der Waals surface area contributed by atoms with Crippen LogP contribution in [0.4, 0.5) is 0 Å². The highest BCUT2D eigenvalue weighted by atomic mass is 16.7. The number of carbonyl (C=O) groups excluding carboxylic acids is 1. The molecule has 12 heteroatoms. The number of hydrogen-bond acceptors (Lipinski definition) is 12. The zero-order valence-corrected chi connectivity index (χ0v) is 21.0. The van der Waals surface area contributed by atoms with Crippen LogP contribution in [-0.4, -0.2) is 138 Å². The van der Waals surface area contributed by atoms with Crippen LogP contribution in [0.5, 0.6) is 0 Å². The summed E-state index contributed by atoms with van der Waals surface area (Å²) in [5, 5.41) is 0. The van der Waals surface area contributed by atoms with Crippen LogP contribution in [0.15, 0.2) is 0 Å².